The monoisotopic (exact) mass is 212 g/mol. The quantitative estimate of drug-likeness (QED) is 0.602. The average molecular weight is 212 g/mol. The molecule has 0 aliphatic carbocycles. The molecule has 2 rings (SSSR count). The topological polar surface area (TPSA) is 55.9 Å². The van der Waals surface area contributed by atoms with Gasteiger partial charge in [-0.15, -0.1) is 0 Å². The Bertz CT molecular complexity index is 431. The Hall–Kier alpha value is -1.56. The predicted molar refractivity (Wildman–Crippen MR) is 49.2 cm³/mol. The summed E-state index contributed by atoms with van der Waals surface area (Å²) in [4.78, 5) is 0.799. The van der Waals surface area contributed by atoms with Gasteiger partial charge >= 0.3 is 5.03 Å². The van der Waals surface area contributed by atoms with E-state index in [0.29, 0.717) is 5.69 Å². The van der Waals surface area contributed by atoms with Gasteiger partial charge in [-0.2, -0.15) is 3.89 Å². The van der Waals surface area contributed by atoms with Crippen molar-refractivity contribution in [3.8, 4) is 11.3 Å². The molecule has 72 valence electrons. The van der Waals surface area contributed by atoms with Gasteiger partial charge in [0.25, 0.3) is 5.69 Å². The molecule has 0 unspecified atom stereocenters. The minimum absolute atomic E-state index is 0.00526. The van der Waals surface area contributed by atoms with Gasteiger partial charge in [0.1, 0.15) is 12.1 Å². The fraction of sp³-hybridized carbons (Fsp3) is 0. The largest absolute Gasteiger partial charge is 0.318 e. The molecule has 0 bridgehead atoms. The zero-order valence-electron chi connectivity index (χ0n) is 7.05. The van der Waals surface area contributed by atoms with E-state index >= 15 is 0 Å². The van der Waals surface area contributed by atoms with E-state index in [0.717, 1.165) is 10.4 Å². The number of nitrogen functional groups attached to an aromatic ring is 1. The highest BCUT2D eigenvalue weighted by Crippen LogP contribution is 2.26. The summed E-state index contributed by atoms with van der Waals surface area (Å²) in [6.07, 6.45) is 0. The lowest BCUT2D eigenvalue weighted by Crippen LogP contribution is -2.44. The Balaban J connectivity index is 2.52. The molecular formula is C8H7FN3OS+. The van der Waals surface area contributed by atoms with Crippen molar-refractivity contribution >= 4 is 12.1 Å². The van der Waals surface area contributed by atoms with E-state index in [2.05, 4.69) is 9.79 Å². The Kier molecular flexibility index (Phi) is 2.36. The van der Waals surface area contributed by atoms with Gasteiger partial charge in [-0.3, -0.25) is 0 Å². The van der Waals surface area contributed by atoms with Crippen LogP contribution in [-0.2, 0) is 0 Å². The van der Waals surface area contributed by atoms with Crippen LogP contribution in [0.4, 0.5) is 3.89 Å². The smallest absolute Gasteiger partial charge is 0.233 e. The van der Waals surface area contributed by atoms with Crippen LogP contribution in [0.2, 0.25) is 0 Å². The first-order valence-electron chi connectivity index (χ1n) is 3.84. The van der Waals surface area contributed by atoms with E-state index in [-0.39, 0.29) is 17.2 Å². The molecule has 2 N–H and O–H groups in total. The summed E-state index contributed by atoms with van der Waals surface area (Å²) >= 11 is 0.00526. The first-order chi connectivity index (χ1) is 6.83. The Morgan fingerprint density at radius 3 is 2.71 bits per heavy atom. The number of rotatable bonds is 2. The fourth-order valence-corrected chi connectivity index (χ4v) is 1.44. The van der Waals surface area contributed by atoms with Gasteiger partial charge in [-0.25, -0.2) is 5.84 Å². The Morgan fingerprint density at radius 2 is 2.07 bits per heavy atom. The maximum absolute atomic E-state index is 12.5. The van der Waals surface area contributed by atoms with Crippen molar-refractivity contribution in [1.29, 1.82) is 0 Å². The van der Waals surface area contributed by atoms with Crippen LogP contribution in [0.25, 0.3) is 11.3 Å². The van der Waals surface area contributed by atoms with Crippen LogP contribution in [0.1, 0.15) is 0 Å². The van der Waals surface area contributed by atoms with Gasteiger partial charge in [0.15, 0.2) is 5.16 Å². The van der Waals surface area contributed by atoms with Crippen LogP contribution in [0.3, 0.4) is 0 Å². The van der Waals surface area contributed by atoms with Gasteiger partial charge in [0, 0.05) is 5.56 Å². The number of nitrogens with two attached hydrogens (primary N) is 1. The van der Waals surface area contributed by atoms with Crippen LogP contribution >= 0.6 is 12.1 Å². The molecule has 0 amide bonds. The van der Waals surface area contributed by atoms with E-state index in [4.69, 9.17) is 5.84 Å². The normalized spacial score (nSPS) is 10.4. The fourth-order valence-electron chi connectivity index (χ4n) is 1.11. The first-order valence-corrected chi connectivity index (χ1v) is 4.56. The molecule has 0 aliphatic rings. The van der Waals surface area contributed by atoms with Crippen molar-refractivity contribution in [2.75, 3.05) is 5.84 Å². The lowest BCUT2D eigenvalue weighted by Gasteiger charge is -1.89. The van der Waals surface area contributed by atoms with Crippen LogP contribution in [-0.4, -0.2) is 5.16 Å². The first kappa shape index (κ1) is 9.01. The summed E-state index contributed by atoms with van der Waals surface area (Å²) in [6.45, 7) is 0. The molecule has 0 atom stereocenters. The molecule has 0 spiro atoms. The number of hydrogen-bond donors (Lipinski definition) is 1. The predicted octanol–water partition coefficient (Wildman–Crippen LogP) is 1.32. The van der Waals surface area contributed by atoms with Gasteiger partial charge in [0.05, 0.1) is 4.85 Å². The number of hydrogen-bond acceptors (Lipinski definition) is 4. The van der Waals surface area contributed by atoms with Crippen LogP contribution in [0.5, 0.6) is 0 Å². The molecule has 0 fully saturated rings. The van der Waals surface area contributed by atoms with Crippen LogP contribution in [0, 0.1) is 0 Å². The third-order valence-corrected chi connectivity index (χ3v) is 2.26. The van der Waals surface area contributed by atoms with Gasteiger partial charge < -0.3 is 0 Å². The number of benzene rings is 1. The van der Waals surface area contributed by atoms with Crippen LogP contribution < -0.4 is 10.7 Å². The second kappa shape index (κ2) is 3.67. The highest BCUT2D eigenvalue weighted by atomic mass is 32.2. The molecule has 1 aromatic heterocycles. The number of halogens is 1. The van der Waals surface area contributed by atoms with E-state index in [1.54, 1.807) is 12.1 Å². The van der Waals surface area contributed by atoms with Crippen molar-refractivity contribution in [2.45, 2.75) is 5.03 Å². The van der Waals surface area contributed by atoms with Crippen molar-refractivity contribution < 1.29 is 13.4 Å². The highest BCUT2D eigenvalue weighted by Gasteiger charge is 2.25. The Labute approximate surface area is 83.7 Å². The summed E-state index contributed by atoms with van der Waals surface area (Å²) in [7, 11) is 0. The molecule has 0 saturated heterocycles. The van der Waals surface area contributed by atoms with Crippen LogP contribution in [0.15, 0.2) is 40.0 Å². The zero-order chi connectivity index (χ0) is 9.97. The second-order valence-electron chi connectivity index (χ2n) is 2.60. The van der Waals surface area contributed by atoms with Gasteiger partial charge in [-0.05, 0) is 0 Å². The molecular weight excluding hydrogens is 205 g/mol. The standard InChI is InChI=1S/C8H7FN3OS/c9-14-8-7(11-13-12(8)10)6-4-2-1-3-5-6/h1-5H,10H2/q+1. The van der Waals surface area contributed by atoms with Crippen molar-refractivity contribution in [2.24, 2.45) is 0 Å². The van der Waals surface area contributed by atoms with Crippen molar-refractivity contribution in [1.82, 2.24) is 5.16 Å². The Morgan fingerprint density at radius 1 is 1.36 bits per heavy atom. The van der Waals surface area contributed by atoms with E-state index in [1.165, 1.54) is 0 Å². The van der Waals surface area contributed by atoms with Gasteiger partial charge in [-0.1, -0.05) is 35.0 Å². The average Bonchev–Trinajstić information content (AvgIpc) is 2.61. The third-order valence-electron chi connectivity index (χ3n) is 1.74. The maximum Gasteiger partial charge on any atom is 0.318 e. The summed E-state index contributed by atoms with van der Waals surface area (Å²) in [6, 6.07) is 9.13. The minimum Gasteiger partial charge on any atom is -0.233 e. The molecule has 1 heterocycles. The molecule has 4 nitrogen and oxygen atoms in total. The summed E-state index contributed by atoms with van der Waals surface area (Å²) in [5.74, 6) is 5.32. The van der Waals surface area contributed by atoms with Gasteiger partial charge in [0.2, 0.25) is 0 Å². The molecule has 2 aromatic rings. The number of aromatic nitrogens is 2. The zero-order valence-corrected chi connectivity index (χ0v) is 7.87. The summed E-state index contributed by atoms with van der Waals surface area (Å²) < 4.78 is 17.1. The molecule has 0 aliphatic heterocycles. The molecule has 6 heteroatoms. The third kappa shape index (κ3) is 1.44. The molecule has 0 saturated carbocycles. The minimum atomic E-state index is 0.00526. The van der Waals surface area contributed by atoms with E-state index in [1.807, 2.05) is 18.2 Å². The molecule has 0 radical (unpaired) electrons. The summed E-state index contributed by atoms with van der Waals surface area (Å²) in [5.41, 5.74) is 1.17. The second-order valence-corrected chi connectivity index (χ2v) is 3.14. The SMILES string of the molecule is N[n+]1onc(-c2ccccc2)c1SF. The highest BCUT2D eigenvalue weighted by molar-refractivity contribution is 7.94. The van der Waals surface area contributed by atoms with Crippen molar-refractivity contribution in [3.05, 3.63) is 30.3 Å². The summed E-state index contributed by atoms with van der Waals surface area (Å²) in [5, 5.41) is 3.81. The maximum atomic E-state index is 12.5. The lowest BCUT2D eigenvalue weighted by atomic mass is 10.2. The number of nitrogens with zero attached hydrogens (tertiary/aromatic N) is 2. The molecule has 14 heavy (non-hydrogen) atoms. The van der Waals surface area contributed by atoms with E-state index < -0.39 is 0 Å². The lowest BCUT2D eigenvalue weighted by molar-refractivity contribution is -0.857. The van der Waals surface area contributed by atoms with E-state index in [9.17, 15) is 3.89 Å². The van der Waals surface area contributed by atoms with Crippen molar-refractivity contribution in [3.63, 3.8) is 0 Å². The molecule has 1 aromatic carbocycles.